The smallest absolute Gasteiger partial charge is 0.306 e. The second kappa shape index (κ2) is 46.9. The summed E-state index contributed by atoms with van der Waals surface area (Å²) in [4.78, 5) is 26.1. The van der Waals surface area contributed by atoms with Gasteiger partial charge in [-0.15, -0.1) is 0 Å². The number of esters is 1. The minimum absolute atomic E-state index is 0.0640. The van der Waals surface area contributed by atoms with Crippen LogP contribution in [0, 0.1) is 0 Å². The van der Waals surface area contributed by atoms with E-state index in [9.17, 15) is 19.8 Å². The molecule has 0 saturated carbocycles. The summed E-state index contributed by atoms with van der Waals surface area (Å²) in [5, 5.41) is 23.7. The first-order chi connectivity index (χ1) is 29.0. The van der Waals surface area contributed by atoms with Gasteiger partial charge in [0.15, 0.2) is 0 Å². The van der Waals surface area contributed by atoms with Crippen molar-refractivity contribution in [2.24, 2.45) is 0 Å². The largest absolute Gasteiger partial charge is 0.462 e. The lowest BCUT2D eigenvalue weighted by atomic mass is 10.0. The topological polar surface area (TPSA) is 95.9 Å². The zero-order valence-corrected chi connectivity index (χ0v) is 39.1. The monoisotopic (exact) mass is 828 g/mol. The molecule has 0 spiro atoms. The first-order valence-electron chi connectivity index (χ1n) is 25.4. The second-order valence-corrected chi connectivity index (χ2v) is 17.3. The van der Waals surface area contributed by atoms with E-state index in [1.165, 1.54) is 141 Å². The lowest BCUT2D eigenvalue weighted by molar-refractivity contribution is -0.151. The van der Waals surface area contributed by atoms with Crippen molar-refractivity contribution in [3.8, 4) is 0 Å². The highest BCUT2D eigenvalue weighted by Gasteiger charge is 2.24. The zero-order valence-electron chi connectivity index (χ0n) is 39.1. The fourth-order valence-corrected chi connectivity index (χ4v) is 7.68. The molecule has 344 valence electrons. The Balaban J connectivity index is 4.63. The molecule has 0 aliphatic carbocycles. The Hall–Kier alpha value is -2.18. The van der Waals surface area contributed by atoms with E-state index in [0.29, 0.717) is 19.3 Å². The summed E-state index contributed by atoms with van der Waals surface area (Å²) in [6.07, 6.45) is 56.0. The molecule has 0 saturated heterocycles. The van der Waals surface area contributed by atoms with Crippen molar-refractivity contribution in [3.05, 3.63) is 48.6 Å². The van der Waals surface area contributed by atoms with Gasteiger partial charge in [-0.3, -0.25) is 9.59 Å². The Morgan fingerprint density at radius 2 is 0.915 bits per heavy atom. The van der Waals surface area contributed by atoms with Gasteiger partial charge in [0.2, 0.25) is 5.91 Å². The van der Waals surface area contributed by atoms with Gasteiger partial charge in [-0.05, 0) is 44.9 Å². The van der Waals surface area contributed by atoms with E-state index in [2.05, 4.69) is 50.4 Å². The third-order valence-electron chi connectivity index (χ3n) is 11.5. The molecule has 0 radical (unpaired) electrons. The van der Waals surface area contributed by atoms with Crippen molar-refractivity contribution >= 4 is 11.9 Å². The molecule has 6 heteroatoms. The second-order valence-electron chi connectivity index (χ2n) is 17.3. The van der Waals surface area contributed by atoms with Crippen molar-refractivity contribution in [2.75, 3.05) is 6.61 Å². The molecule has 6 nitrogen and oxygen atoms in total. The van der Waals surface area contributed by atoms with Gasteiger partial charge >= 0.3 is 5.97 Å². The number of amides is 1. The summed E-state index contributed by atoms with van der Waals surface area (Å²) < 4.78 is 5.91. The minimum atomic E-state index is -0.792. The van der Waals surface area contributed by atoms with Crippen LogP contribution in [0.15, 0.2) is 48.6 Å². The number of carbonyl (C=O) groups is 2. The average Bonchev–Trinajstić information content (AvgIpc) is 3.23. The predicted octanol–water partition coefficient (Wildman–Crippen LogP) is 15.1. The van der Waals surface area contributed by atoms with Crippen LogP contribution in [-0.2, 0) is 14.3 Å². The third kappa shape index (κ3) is 42.3. The maximum atomic E-state index is 13.2. The predicted molar refractivity (Wildman–Crippen MR) is 255 cm³/mol. The fourth-order valence-electron chi connectivity index (χ4n) is 7.68. The Morgan fingerprint density at radius 1 is 0.508 bits per heavy atom. The van der Waals surface area contributed by atoms with Gasteiger partial charge in [-0.1, -0.05) is 243 Å². The molecular weight excluding hydrogens is 731 g/mol. The Morgan fingerprint density at radius 3 is 1.37 bits per heavy atom. The molecule has 3 atom stereocenters. The molecule has 0 aliphatic rings. The third-order valence-corrected chi connectivity index (χ3v) is 11.5. The molecule has 0 heterocycles. The van der Waals surface area contributed by atoms with Crippen LogP contribution in [0.5, 0.6) is 0 Å². The number of ether oxygens (including phenoxy) is 1. The van der Waals surface area contributed by atoms with E-state index in [-0.39, 0.29) is 24.9 Å². The van der Waals surface area contributed by atoms with Crippen molar-refractivity contribution in [1.82, 2.24) is 5.32 Å². The molecule has 0 aromatic carbocycles. The van der Waals surface area contributed by atoms with E-state index >= 15 is 0 Å². The SMILES string of the molecule is CC/C=C/C=C/C=C\C=C/CCCCCC(=O)OC(CCCCCCCCCCCCCCCCC)CC(=O)NC(CO)C(O)CCCCCCCCCCCCCC. The summed E-state index contributed by atoms with van der Waals surface area (Å²) in [5.41, 5.74) is 0. The Kier molecular flexibility index (Phi) is 45.1. The lowest BCUT2D eigenvalue weighted by Crippen LogP contribution is -2.46. The molecule has 0 aromatic heterocycles. The maximum Gasteiger partial charge on any atom is 0.306 e. The Bertz CT molecular complexity index is 1020. The van der Waals surface area contributed by atoms with Crippen molar-refractivity contribution in [3.63, 3.8) is 0 Å². The van der Waals surface area contributed by atoms with E-state index < -0.39 is 18.2 Å². The zero-order chi connectivity index (χ0) is 43.1. The quantitative estimate of drug-likeness (QED) is 0.0323. The summed E-state index contributed by atoms with van der Waals surface area (Å²) >= 11 is 0. The molecule has 1 amide bonds. The number of hydrogen-bond donors (Lipinski definition) is 3. The van der Waals surface area contributed by atoms with Gasteiger partial charge in [-0.25, -0.2) is 0 Å². The van der Waals surface area contributed by atoms with Gasteiger partial charge in [0.1, 0.15) is 6.10 Å². The van der Waals surface area contributed by atoms with Gasteiger partial charge in [-0.2, -0.15) is 0 Å². The summed E-state index contributed by atoms with van der Waals surface area (Å²) in [6, 6.07) is -0.707. The van der Waals surface area contributed by atoms with Crippen LogP contribution in [-0.4, -0.2) is 46.9 Å². The van der Waals surface area contributed by atoms with Gasteiger partial charge in [0.25, 0.3) is 0 Å². The van der Waals surface area contributed by atoms with Crippen LogP contribution in [0.25, 0.3) is 0 Å². The molecule has 0 aromatic rings. The van der Waals surface area contributed by atoms with E-state index in [1.807, 2.05) is 24.3 Å². The normalized spacial score (nSPS) is 13.6. The van der Waals surface area contributed by atoms with Gasteiger partial charge < -0.3 is 20.3 Å². The molecular formula is C53H97NO5. The van der Waals surface area contributed by atoms with Crippen LogP contribution < -0.4 is 5.32 Å². The van der Waals surface area contributed by atoms with Gasteiger partial charge in [0.05, 0.1) is 25.2 Å². The van der Waals surface area contributed by atoms with Crippen LogP contribution >= 0.6 is 0 Å². The highest BCUT2D eigenvalue weighted by atomic mass is 16.5. The summed E-state index contributed by atoms with van der Waals surface area (Å²) in [7, 11) is 0. The van der Waals surface area contributed by atoms with E-state index in [1.54, 1.807) is 0 Å². The number of allylic oxidation sites excluding steroid dienone is 8. The number of rotatable bonds is 45. The van der Waals surface area contributed by atoms with Crippen molar-refractivity contribution in [2.45, 2.75) is 270 Å². The molecule has 3 unspecified atom stereocenters. The highest BCUT2D eigenvalue weighted by molar-refractivity contribution is 5.77. The standard InChI is InChI=1S/C53H97NO5/c1-4-7-10-13-16-19-22-25-26-28-29-32-35-38-41-44-49(59-53(58)46-43-40-37-34-31-27-23-20-17-14-11-8-5-2)47-52(57)54-50(48-55)51(56)45-42-39-36-33-30-24-21-18-15-12-9-6-3/h8,11,14,17,20,23,27,31,49-51,55-56H,4-7,9-10,12-13,15-16,18-19,21-22,24-26,28-30,32-48H2,1-3H3,(H,54,57)/b11-8+,17-14+,23-20-,31-27-. The molecule has 0 aliphatic heterocycles. The number of unbranched alkanes of at least 4 members (excludes halogenated alkanes) is 28. The molecule has 3 N–H and O–H groups in total. The van der Waals surface area contributed by atoms with Crippen molar-refractivity contribution < 1.29 is 24.5 Å². The molecule has 0 rings (SSSR count). The lowest BCUT2D eigenvalue weighted by Gasteiger charge is -2.24. The average molecular weight is 828 g/mol. The summed E-state index contributed by atoms with van der Waals surface area (Å²) in [6.45, 7) is 6.34. The van der Waals surface area contributed by atoms with E-state index in [0.717, 1.165) is 64.2 Å². The molecule has 59 heavy (non-hydrogen) atoms. The molecule has 0 fully saturated rings. The minimum Gasteiger partial charge on any atom is -0.462 e. The maximum absolute atomic E-state index is 13.2. The number of aliphatic hydroxyl groups excluding tert-OH is 2. The number of carbonyl (C=O) groups excluding carboxylic acids is 2. The van der Waals surface area contributed by atoms with Crippen LogP contribution in [0.4, 0.5) is 0 Å². The van der Waals surface area contributed by atoms with Crippen LogP contribution in [0.1, 0.15) is 252 Å². The fraction of sp³-hybridized carbons (Fsp3) is 0.811. The number of hydrogen-bond acceptors (Lipinski definition) is 5. The first kappa shape index (κ1) is 56.8. The van der Waals surface area contributed by atoms with Gasteiger partial charge in [0, 0.05) is 6.42 Å². The highest BCUT2D eigenvalue weighted by Crippen LogP contribution is 2.18. The van der Waals surface area contributed by atoms with Crippen LogP contribution in [0.2, 0.25) is 0 Å². The van der Waals surface area contributed by atoms with Crippen LogP contribution in [0.3, 0.4) is 0 Å². The number of nitrogens with one attached hydrogen (secondary N) is 1. The first-order valence-corrected chi connectivity index (χ1v) is 25.4. The number of aliphatic hydroxyl groups is 2. The molecule has 0 bridgehead atoms. The van der Waals surface area contributed by atoms with Crippen molar-refractivity contribution in [1.29, 1.82) is 0 Å². The summed E-state index contributed by atoms with van der Waals surface area (Å²) in [5.74, 6) is -0.512. The Labute approximate surface area is 366 Å². The van der Waals surface area contributed by atoms with E-state index in [4.69, 9.17) is 4.74 Å².